The van der Waals surface area contributed by atoms with Gasteiger partial charge >= 0.3 is 0 Å². The van der Waals surface area contributed by atoms with Gasteiger partial charge in [-0.25, -0.2) is 0 Å². The minimum absolute atomic E-state index is 0.0220. The Hall–Kier alpha value is -0.900. The molecule has 1 saturated heterocycles. The molecule has 3 nitrogen and oxygen atoms in total. The van der Waals surface area contributed by atoms with Gasteiger partial charge in [0.05, 0.1) is 19.3 Å². The SMILES string of the molecule is C[C@@H](OCc1ccccc1)C1COC(C)(C)O1. The van der Waals surface area contributed by atoms with Gasteiger partial charge in [0.25, 0.3) is 0 Å². The lowest BCUT2D eigenvalue weighted by Gasteiger charge is -2.21. The van der Waals surface area contributed by atoms with Crippen LogP contribution < -0.4 is 0 Å². The van der Waals surface area contributed by atoms with E-state index in [0.29, 0.717) is 13.2 Å². The Bertz CT molecular complexity index is 348. The zero-order valence-electron chi connectivity index (χ0n) is 10.7. The number of hydrogen-bond donors (Lipinski definition) is 0. The van der Waals surface area contributed by atoms with Crippen LogP contribution in [0.5, 0.6) is 0 Å². The molecule has 0 bridgehead atoms. The molecule has 17 heavy (non-hydrogen) atoms. The smallest absolute Gasteiger partial charge is 0.163 e. The lowest BCUT2D eigenvalue weighted by Crippen LogP contribution is -2.30. The lowest BCUT2D eigenvalue weighted by molar-refractivity contribution is -0.155. The molecular weight excluding hydrogens is 216 g/mol. The van der Waals surface area contributed by atoms with Crippen molar-refractivity contribution in [2.45, 2.75) is 45.4 Å². The summed E-state index contributed by atoms with van der Waals surface area (Å²) in [5, 5.41) is 0. The summed E-state index contributed by atoms with van der Waals surface area (Å²) in [4.78, 5) is 0. The molecule has 1 heterocycles. The molecule has 0 radical (unpaired) electrons. The average Bonchev–Trinajstić information content (AvgIpc) is 2.68. The Kier molecular flexibility index (Phi) is 3.82. The minimum Gasteiger partial charge on any atom is -0.371 e. The van der Waals surface area contributed by atoms with Gasteiger partial charge in [0.15, 0.2) is 5.79 Å². The van der Waals surface area contributed by atoms with Gasteiger partial charge in [0.2, 0.25) is 0 Å². The molecule has 0 N–H and O–H groups in total. The van der Waals surface area contributed by atoms with Crippen LogP contribution >= 0.6 is 0 Å². The van der Waals surface area contributed by atoms with Gasteiger partial charge in [-0.1, -0.05) is 30.3 Å². The van der Waals surface area contributed by atoms with Crippen LogP contribution in [-0.2, 0) is 20.8 Å². The van der Waals surface area contributed by atoms with E-state index in [1.165, 1.54) is 5.56 Å². The molecule has 0 aliphatic carbocycles. The Balaban J connectivity index is 1.80. The normalized spacial score (nSPS) is 24.8. The highest BCUT2D eigenvalue weighted by Gasteiger charge is 2.36. The van der Waals surface area contributed by atoms with Crippen molar-refractivity contribution in [3.63, 3.8) is 0 Å². The van der Waals surface area contributed by atoms with Crippen LogP contribution in [0.15, 0.2) is 30.3 Å². The van der Waals surface area contributed by atoms with E-state index in [1.54, 1.807) is 0 Å². The van der Waals surface area contributed by atoms with Crippen molar-refractivity contribution >= 4 is 0 Å². The topological polar surface area (TPSA) is 27.7 Å². The zero-order chi connectivity index (χ0) is 12.3. The number of benzene rings is 1. The first-order valence-electron chi connectivity index (χ1n) is 6.04. The maximum atomic E-state index is 5.80. The largest absolute Gasteiger partial charge is 0.371 e. The summed E-state index contributed by atoms with van der Waals surface area (Å²) >= 11 is 0. The first-order valence-corrected chi connectivity index (χ1v) is 6.04. The van der Waals surface area contributed by atoms with Crippen molar-refractivity contribution in [2.24, 2.45) is 0 Å². The average molecular weight is 236 g/mol. The molecule has 94 valence electrons. The van der Waals surface area contributed by atoms with E-state index in [9.17, 15) is 0 Å². The summed E-state index contributed by atoms with van der Waals surface area (Å²) in [5.41, 5.74) is 1.18. The highest BCUT2D eigenvalue weighted by atomic mass is 16.7. The highest BCUT2D eigenvalue weighted by molar-refractivity contribution is 5.13. The maximum Gasteiger partial charge on any atom is 0.163 e. The molecule has 0 saturated carbocycles. The highest BCUT2D eigenvalue weighted by Crippen LogP contribution is 2.25. The van der Waals surface area contributed by atoms with Crippen LogP contribution in [-0.4, -0.2) is 24.6 Å². The minimum atomic E-state index is -0.477. The predicted octanol–water partition coefficient (Wildman–Crippen LogP) is 2.74. The van der Waals surface area contributed by atoms with Crippen LogP contribution in [0.25, 0.3) is 0 Å². The second kappa shape index (κ2) is 5.17. The molecule has 0 aromatic heterocycles. The Morgan fingerprint density at radius 1 is 1.35 bits per heavy atom. The van der Waals surface area contributed by atoms with Gasteiger partial charge in [-0.2, -0.15) is 0 Å². The van der Waals surface area contributed by atoms with Crippen LogP contribution in [0.3, 0.4) is 0 Å². The Morgan fingerprint density at radius 3 is 2.65 bits per heavy atom. The monoisotopic (exact) mass is 236 g/mol. The quantitative estimate of drug-likeness (QED) is 0.804. The van der Waals surface area contributed by atoms with E-state index in [0.717, 1.165) is 0 Å². The Labute approximate surface area is 103 Å². The van der Waals surface area contributed by atoms with Gasteiger partial charge < -0.3 is 14.2 Å². The molecule has 1 aromatic carbocycles. The number of ether oxygens (including phenoxy) is 3. The molecule has 1 aliphatic rings. The molecule has 1 aromatic rings. The van der Waals surface area contributed by atoms with Crippen molar-refractivity contribution in [3.8, 4) is 0 Å². The van der Waals surface area contributed by atoms with E-state index < -0.39 is 5.79 Å². The van der Waals surface area contributed by atoms with Crippen molar-refractivity contribution in [1.82, 2.24) is 0 Å². The predicted molar refractivity (Wildman–Crippen MR) is 65.6 cm³/mol. The van der Waals surface area contributed by atoms with E-state index >= 15 is 0 Å². The van der Waals surface area contributed by atoms with E-state index in [2.05, 4.69) is 12.1 Å². The summed E-state index contributed by atoms with van der Waals surface area (Å²) in [6, 6.07) is 10.2. The van der Waals surface area contributed by atoms with Crippen molar-refractivity contribution in [3.05, 3.63) is 35.9 Å². The summed E-state index contributed by atoms with van der Waals surface area (Å²) in [7, 11) is 0. The second-order valence-corrected chi connectivity index (χ2v) is 4.87. The van der Waals surface area contributed by atoms with Crippen LogP contribution in [0.4, 0.5) is 0 Å². The van der Waals surface area contributed by atoms with Crippen LogP contribution in [0.1, 0.15) is 26.3 Å². The summed E-state index contributed by atoms with van der Waals surface area (Å²) in [5.74, 6) is -0.477. The molecule has 2 atom stereocenters. The molecular formula is C14H20O3. The molecule has 1 unspecified atom stereocenters. The van der Waals surface area contributed by atoms with Gasteiger partial charge in [0, 0.05) is 0 Å². The Morgan fingerprint density at radius 2 is 2.06 bits per heavy atom. The third-order valence-electron chi connectivity index (χ3n) is 2.91. The lowest BCUT2D eigenvalue weighted by atomic mass is 10.2. The second-order valence-electron chi connectivity index (χ2n) is 4.87. The van der Waals surface area contributed by atoms with E-state index in [-0.39, 0.29) is 12.2 Å². The van der Waals surface area contributed by atoms with Crippen molar-refractivity contribution < 1.29 is 14.2 Å². The summed E-state index contributed by atoms with van der Waals surface area (Å²) < 4.78 is 17.1. The molecule has 0 amide bonds. The molecule has 2 rings (SSSR count). The molecule has 0 spiro atoms. The third kappa shape index (κ3) is 3.53. The molecule has 1 aliphatic heterocycles. The molecule has 1 fully saturated rings. The van der Waals surface area contributed by atoms with Gasteiger partial charge in [-0.3, -0.25) is 0 Å². The summed E-state index contributed by atoms with van der Waals surface area (Å²) in [6.07, 6.45) is 0.0608. The fourth-order valence-electron chi connectivity index (χ4n) is 1.86. The summed E-state index contributed by atoms with van der Waals surface area (Å²) in [6.45, 7) is 7.09. The van der Waals surface area contributed by atoms with Crippen LogP contribution in [0.2, 0.25) is 0 Å². The van der Waals surface area contributed by atoms with Gasteiger partial charge in [-0.05, 0) is 26.3 Å². The first kappa shape index (κ1) is 12.6. The van der Waals surface area contributed by atoms with Crippen molar-refractivity contribution in [1.29, 1.82) is 0 Å². The fourth-order valence-corrected chi connectivity index (χ4v) is 1.86. The number of rotatable bonds is 4. The standard InChI is InChI=1S/C14H20O3/c1-11(13-10-16-14(2,3)17-13)15-9-12-7-5-4-6-8-12/h4-8,11,13H,9-10H2,1-3H3/t11-,13?/m1/s1. The molecule has 3 heteroatoms. The van der Waals surface area contributed by atoms with E-state index in [1.807, 2.05) is 39.0 Å². The first-order chi connectivity index (χ1) is 8.07. The third-order valence-corrected chi connectivity index (χ3v) is 2.91. The van der Waals surface area contributed by atoms with Crippen LogP contribution in [0, 0.1) is 0 Å². The van der Waals surface area contributed by atoms with E-state index in [4.69, 9.17) is 14.2 Å². The van der Waals surface area contributed by atoms with Gasteiger partial charge in [0.1, 0.15) is 6.10 Å². The van der Waals surface area contributed by atoms with Gasteiger partial charge in [-0.15, -0.1) is 0 Å². The number of hydrogen-bond acceptors (Lipinski definition) is 3. The maximum absolute atomic E-state index is 5.80. The zero-order valence-corrected chi connectivity index (χ0v) is 10.7. The fraction of sp³-hybridized carbons (Fsp3) is 0.571. The van der Waals surface area contributed by atoms with Crippen molar-refractivity contribution in [2.75, 3.05) is 6.61 Å².